The van der Waals surface area contributed by atoms with Crippen LogP contribution < -0.4 is 20.1 Å². The van der Waals surface area contributed by atoms with E-state index in [0.29, 0.717) is 48.9 Å². The van der Waals surface area contributed by atoms with E-state index in [1.165, 1.54) is 6.07 Å². The number of rotatable bonds is 18. The number of ether oxygens (including phenoxy) is 3. The zero-order valence-corrected chi connectivity index (χ0v) is 38.7. The Morgan fingerprint density at radius 2 is 1.16 bits per heavy atom. The molecule has 0 saturated carbocycles. The molecule has 8 rings (SSSR count). The summed E-state index contributed by atoms with van der Waals surface area (Å²) >= 11 is 0. The Morgan fingerprint density at radius 3 is 1.75 bits per heavy atom. The van der Waals surface area contributed by atoms with E-state index in [0.717, 1.165) is 105 Å². The smallest absolute Gasteiger partial charge is 0.226 e. The van der Waals surface area contributed by atoms with Crippen molar-refractivity contribution in [3.05, 3.63) is 168 Å². The number of likely N-dealkylation sites (N-methyl/N-ethyl adjacent to an activating group) is 1. The molecule has 0 aliphatic carbocycles. The number of hydrogen-bond donors (Lipinski definition) is 2. The minimum absolute atomic E-state index is 0. The van der Waals surface area contributed by atoms with E-state index in [1.54, 1.807) is 30.5 Å². The summed E-state index contributed by atoms with van der Waals surface area (Å²) in [6.07, 6.45) is 3.86. The number of carbonyl (C=O) groups is 2. The molecule has 4 heterocycles. The minimum Gasteiger partial charge on any atom is -0.492 e. The number of aryl methyl sites for hydroxylation is 1. The van der Waals surface area contributed by atoms with Crippen LogP contribution in [0, 0.1) is 12.7 Å². The van der Waals surface area contributed by atoms with E-state index in [4.69, 9.17) is 14.2 Å². The van der Waals surface area contributed by atoms with Gasteiger partial charge in [-0.15, -0.1) is 0 Å². The zero-order chi connectivity index (χ0) is 46.6. The van der Waals surface area contributed by atoms with Crippen LogP contribution >= 0.6 is 0 Å². The van der Waals surface area contributed by atoms with E-state index in [-0.39, 0.29) is 45.3 Å². The molecule has 2 aliphatic rings. The molecule has 2 fully saturated rings. The fraction of sp³-hybridized carbons (Fsp3) is 0.357. The van der Waals surface area contributed by atoms with Crippen LogP contribution in [0.25, 0.3) is 22.3 Å². The first kappa shape index (κ1) is 53.4. The number of hydrogen-bond acceptors (Lipinski definition) is 10. The maximum Gasteiger partial charge on any atom is 0.226 e. The lowest BCUT2D eigenvalue weighted by atomic mass is 10.1. The molecule has 2 aliphatic heterocycles. The average Bonchev–Trinajstić information content (AvgIpc) is 3.35. The van der Waals surface area contributed by atoms with Gasteiger partial charge in [0.05, 0.1) is 26.1 Å². The molecule has 2 N–H and O–H groups in total. The SMILES string of the molecule is C.C.Cc1cccc(CNC(=O)Cc2ccc(-c3ccc(OCCN4CCN(C)CC4)cc3F)cn2)c1.O=C(Cc1ccc(-c2ccc(OCCN3CCOCC3)cc2)cn1)NCc1ccccc1. The van der Waals surface area contributed by atoms with E-state index in [9.17, 15) is 14.0 Å². The number of nitrogens with one attached hydrogen (secondary N) is 2. The lowest BCUT2D eigenvalue weighted by Crippen LogP contribution is -2.45. The first-order valence-corrected chi connectivity index (χ1v) is 23.1. The number of halogens is 1. The number of morpholine rings is 1. The number of benzene rings is 4. The van der Waals surface area contributed by atoms with Crippen LogP contribution in [-0.2, 0) is 40.3 Å². The molecular weight excluding hydrogens is 870 g/mol. The van der Waals surface area contributed by atoms with Crippen LogP contribution in [0.4, 0.5) is 4.39 Å². The highest BCUT2D eigenvalue weighted by Gasteiger charge is 2.15. The largest absolute Gasteiger partial charge is 0.492 e. The van der Waals surface area contributed by atoms with Gasteiger partial charge < -0.3 is 29.7 Å². The van der Waals surface area contributed by atoms with Gasteiger partial charge in [-0.1, -0.05) is 99.3 Å². The number of carbonyl (C=O) groups excluding carboxylic acids is 2. The van der Waals surface area contributed by atoms with Crippen LogP contribution in [0.3, 0.4) is 0 Å². The molecule has 13 heteroatoms. The number of pyridine rings is 2. The Bertz CT molecular complexity index is 2440. The van der Waals surface area contributed by atoms with Crippen molar-refractivity contribution in [2.24, 2.45) is 0 Å². The third kappa shape index (κ3) is 17.8. The van der Waals surface area contributed by atoms with Crippen LogP contribution in [0.2, 0.25) is 0 Å². The summed E-state index contributed by atoms with van der Waals surface area (Å²) in [5.41, 5.74) is 7.89. The van der Waals surface area contributed by atoms with Crippen LogP contribution in [-0.4, -0.2) is 122 Å². The molecule has 0 unspecified atom stereocenters. The van der Waals surface area contributed by atoms with Gasteiger partial charge >= 0.3 is 0 Å². The molecule has 0 atom stereocenters. The molecule has 69 heavy (non-hydrogen) atoms. The van der Waals surface area contributed by atoms with E-state index < -0.39 is 0 Å². The third-order valence-electron chi connectivity index (χ3n) is 11.7. The second kappa shape index (κ2) is 28.1. The fourth-order valence-electron chi connectivity index (χ4n) is 7.71. The van der Waals surface area contributed by atoms with Gasteiger partial charge in [0.25, 0.3) is 0 Å². The van der Waals surface area contributed by atoms with Gasteiger partial charge in [0.1, 0.15) is 30.5 Å². The monoisotopic (exact) mass is 940 g/mol. The Hall–Kier alpha value is -6.51. The van der Waals surface area contributed by atoms with Gasteiger partial charge in [0, 0.05) is 112 Å². The average molecular weight is 940 g/mol. The molecule has 12 nitrogen and oxygen atoms in total. The second-order valence-corrected chi connectivity index (χ2v) is 16.9. The summed E-state index contributed by atoms with van der Waals surface area (Å²) in [4.78, 5) is 40.3. The van der Waals surface area contributed by atoms with E-state index in [1.807, 2.05) is 104 Å². The van der Waals surface area contributed by atoms with Crippen molar-refractivity contribution < 1.29 is 28.2 Å². The summed E-state index contributed by atoms with van der Waals surface area (Å²) in [5, 5.41) is 5.85. The Balaban J connectivity index is 0.000000251. The van der Waals surface area contributed by atoms with Crippen molar-refractivity contribution >= 4 is 11.8 Å². The molecule has 6 aromatic rings. The summed E-state index contributed by atoms with van der Waals surface area (Å²) in [6, 6.07) is 38.3. The molecule has 366 valence electrons. The van der Waals surface area contributed by atoms with Crippen LogP contribution in [0.15, 0.2) is 134 Å². The van der Waals surface area contributed by atoms with Gasteiger partial charge in [0.2, 0.25) is 11.8 Å². The molecule has 2 saturated heterocycles. The first-order valence-electron chi connectivity index (χ1n) is 23.1. The summed E-state index contributed by atoms with van der Waals surface area (Å²) in [7, 11) is 2.13. The normalized spacial score (nSPS) is 14.0. The number of nitrogens with zero attached hydrogens (tertiary/aromatic N) is 5. The Kier molecular flexibility index (Phi) is 21.8. The number of aromatic nitrogens is 2. The van der Waals surface area contributed by atoms with Gasteiger partial charge in [-0.05, 0) is 67.1 Å². The van der Waals surface area contributed by atoms with E-state index in [2.05, 4.69) is 42.3 Å². The molecule has 0 radical (unpaired) electrons. The minimum atomic E-state index is -0.354. The lowest BCUT2D eigenvalue weighted by Gasteiger charge is -2.32. The summed E-state index contributed by atoms with van der Waals surface area (Å²) in [5.74, 6) is 0.896. The van der Waals surface area contributed by atoms with Crippen molar-refractivity contribution in [2.75, 3.05) is 85.8 Å². The van der Waals surface area contributed by atoms with E-state index >= 15 is 0 Å². The maximum atomic E-state index is 14.8. The van der Waals surface area contributed by atoms with Crippen molar-refractivity contribution in [3.8, 4) is 33.8 Å². The zero-order valence-electron chi connectivity index (χ0n) is 38.7. The van der Waals surface area contributed by atoms with Crippen molar-refractivity contribution in [3.63, 3.8) is 0 Å². The van der Waals surface area contributed by atoms with Crippen LogP contribution in [0.1, 0.15) is 42.9 Å². The second-order valence-electron chi connectivity index (χ2n) is 16.9. The van der Waals surface area contributed by atoms with Gasteiger partial charge in [0.15, 0.2) is 0 Å². The molecular formula is C56H70FN7O5. The van der Waals surface area contributed by atoms with Crippen LogP contribution in [0.5, 0.6) is 11.5 Å². The fourth-order valence-corrected chi connectivity index (χ4v) is 7.71. The summed E-state index contributed by atoms with van der Waals surface area (Å²) < 4.78 is 31.8. The lowest BCUT2D eigenvalue weighted by molar-refractivity contribution is -0.121. The summed E-state index contributed by atoms with van der Waals surface area (Å²) in [6.45, 7) is 13.7. The maximum absolute atomic E-state index is 14.8. The highest BCUT2D eigenvalue weighted by Crippen LogP contribution is 2.26. The molecule has 2 aromatic heterocycles. The molecule has 4 aromatic carbocycles. The highest BCUT2D eigenvalue weighted by atomic mass is 19.1. The van der Waals surface area contributed by atoms with Gasteiger partial charge in [-0.25, -0.2) is 4.39 Å². The topological polar surface area (TPSA) is 121 Å². The standard InChI is InChI=1S/C28H33FN4O2.C26H29N3O3.2CH4/c1-21-4-3-5-22(16-21)19-31-28(34)17-24-7-6-23(20-30-24)26-9-8-25(18-27(26)29)35-15-14-33-12-10-32(2)11-13-33;30-26(28-19-21-4-2-1-3-5-21)18-24-9-6-23(20-27-24)22-7-10-25(11-8-22)32-17-14-29-12-15-31-16-13-29;;/h3-9,16,18,20H,10-15,17,19H2,1-2H3,(H,31,34);1-11,20H,12-19H2,(H,28,30);2*1H4. The van der Waals surface area contributed by atoms with Crippen molar-refractivity contribution in [2.45, 2.75) is 47.7 Å². The Morgan fingerprint density at radius 1 is 0.609 bits per heavy atom. The predicted octanol–water partition coefficient (Wildman–Crippen LogP) is 8.27. The predicted molar refractivity (Wildman–Crippen MR) is 274 cm³/mol. The first-order chi connectivity index (χ1) is 32.7. The number of amides is 2. The van der Waals surface area contributed by atoms with Gasteiger partial charge in [-0.2, -0.15) is 0 Å². The highest BCUT2D eigenvalue weighted by molar-refractivity contribution is 5.79. The quantitative estimate of drug-likeness (QED) is 0.0872. The van der Waals surface area contributed by atoms with Crippen molar-refractivity contribution in [1.82, 2.24) is 35.3 Å². The molecule has 2 amide bonds. The Labute approximate surface area is 408 Å². The molecule has 0 spiro atoms. The van der Waals surface area contributed by atoms with Crippen molar-refractivity contribution in [1.29, 1.82) is 0 Å². The third-order valence-corrected chi connectivity index (χ3v) is 11.7. The van der Waals surface area contributed by atoms with Gasteiger partial charge in [-0.3, -0.25) is 29.4 Å². The number of piperazine rings is 1. The molecule has 0 bridgehead atoms.